The molecule has 1 aliphatic carbocycles. The topological polar surface area (TPSA) is 46.2 Å². The van der Waals surface area contributed by atoms with Gasteiger partial charge < -0.3 is 10.8 Å². The van der Waals surface area contributed by atoms with E-state index in [0.29, 0.717) is 5.75 Å². The van der Waals surface area contributed by atoms with Crippen LogP contribution in [0.5, 0.6) is 5.75 Å². The lowest BCUT2D eigenvalue weighted by molar-refractivity contribution is 0.461. The van der Waals surface area contributed by atoms with E-state index in [0.717, 1.165) is 28.4 Å². The molecule has 0 amide bonds. The van der Waals surface area contributed by atoms with Crippen LogP contribution in [0, 0.1) is 13.8 Å². The predicted octanol–water partition coefficient (Wildman–Crippen LogP) is 3.15. The minimum atomic E-state index is 0.0775. The first kappa shape index (κ1) is 11.9. The molecule has 0 aromatic heterocycles. The second-order valence-electron chi connectivity index (χ2n) is 4.97. The number of halogens is 1. The van der Waals surface area contributed by atoms with Crippen LogP contribution in [0.15, 0.2) is 10.5 Å². The summed E-state index contributed by atoms with van der Waals surface area (Å²) in [6.45, 7) is 5.95. The predicted molar refractivity (Wildman–Crippen MR) is 69.8 cm³/mol. The number of rotatable bonds is 2. The maximum absolute atomic E-state index is 10.0. The lowest BCUT2D eigenvalue weighted by atomic mass is 9.85. The fraction of sp³-hybridized carbons (Fsp3) is 0.538. The third kappa shape index (κ3) is 1.57. The van der Waals surface area contributed by atoms with Crippen molar-refractivity contribution in [3.05, 3.63) is 27.2 Å². The van der Waals surface area contributed by atoms with Crippen LogP contribution in [0.25, 0.3) is 0 Å². The van der Waals surface area contributed by atoms with Gasteiger partial charge in [-0.2, -0.15) is 0 Å². The van der Waals surface area contributed by atoms with E-state index in [4.69, 9.17) is 5.73 Å². The highest BCUT2D eigenvalue weighted by atomic mass is 79.9. The summed E-state index contributed by atoms with van der Waals surface area (Å²) in [5.74, 6) is 0.408. The van der Waals surface area contributed by atoms with E-state index in [-0.39, 0.29) is 11.5 Å². The molecule has 1 fully saturated rings. The normalized spacial score (nSPS) is 19.6. The van der Waals surface area contributed by atoms with Crippen LogP contribution >= 0.6 is 15.9 Å². The number of aryl methyl sites for hydroxylation is 1. The average Bonchev–Trinajstić information content (AvgIpc) is 2.96. The van der Waals surface area contributed by atoms with Gasteiger partial charge in [-0.3, -0.25) is 0 Å². The molecule has 1 aliphatic rings. The standard InChI is InChI=1S/C13H18BrNO/c1-7-6-10(14)11(8(2)12(7)16)13(4-5-13)9(3)15/h6,9,16H,4-5,15H2,1-3H3. The Balaban J connectivity index is 2.62. The van der Waals surface area contributed by atoms with E-state index in [1.165, 1.54) is 5.56 Å². The smallest absolute Gasteiger partial charge is 0.121 e. The van der Waals surface area contributed by atoms with Crippen LogP contribution in [-0.2, 0) is 5.41 Å². The van der Waals surface area contributed by atoms with Gasteiger partial charge >= 0.3 is 0 Å². The van der Waals surface area contributed by atoms with Crippen LogP contribution in [0.1, 0.15) is 36.5 Å². The first-order valence-corrected chi connectivity index (χ1v) is 6.44. The van der Waals surface area contributed by atoms with Gasteiger partial charge in [0.05, 0.1) is 0 Å². The molecule has 1 saturated carbocycles. The third-order valence-electron chi connectivity index (χ3n) is 3.84. The number of aromatic hydroxyl groups is 1. The molecule has 3 N–H and O–H groups in total. The number of benzene rings is 1. The van der Waals surface area contributed by atoms with E-state index in [2.05, 4.69) is 22.9 Å². The Morgan fingerprint density at radius 3 is 2.44 bits per heavy atom. The molecule has 2 rings (SSSR count). The Morgan fingerprint density at radius 1 is 1.44 bits per heavy atom. The molecule has 3 heteroatoms. The zero-order chi connectivity index (χ0) is 12.1. The minimum absolute atomic E-state index is 0.0775. The van der Waals surface area contributed by atoms with Gasteiger partial charge in [0, 0.05) is 15.9 Å². The Bertz CT molecular complexity index is 436. The van der Waals surface area contributed by atoms with Crippen molar-refractivity contribution >= 4 is 15.9 Å². The molecule has 1 aromatic rings. The van der Waals surface area contributed by atoms with Crippen LogP contribution in [0.4, 0.5) is 0 Å². The highest BCUT2D eigenvalue weighted by Crippen LogP contribution is 2.54. The van der Waals surface area contributed by atoms with Crippen molar-refractivity contribution in [2.75, 3.05) is 0 Å². The molecule has 0 saturated heterocycles. The lowest BCUT2D eigenvalue weighted by Gasteiger charge is -2.25. The Hall–Kier alpha value is -0.540. The highest BCUT2D eigenvalue weighted by Gasteiger charge is 2.49. The van der Waals surface area contributed by atoms with Crippen molar-refractivity contribution in [3.63, 3.8) is 0 Å². The number of phenolic OH excluding ortho intramolecular Hbond substituents is 1. The summed E-state index contributed by atoms with van der Waals surface area (Å²) in [5, 5.41) is 10.0. The van der Waals surface area contributed by atoms with Crippen molar-refractivity contribution < 1.29 is 5.11 Å². The van der Waals surface area contributed by atoms with E-state index in [1.54, 1.807) is 0 Å². The SMILES string of the molecule is Cc1cc(Br)c(C2(C(C)N)CC2)c(C)c1O. The average molecular weight is 284 g/mol. The van der Waals surface area contributed by atoms with Gasteiger partial charge in [0.25, 0.3) is 0 Å². The van der Waals surface area contributed by atoms with Crippen LogP contribution in [0.3, 0.4) is 0 Å². The monoisotopic (exact) mass is 283 g/mol. The number of nitrogens with two attached hydrogens (primary N) is 1. The summed E-state index contributed by atoms with van der Waals surface area (Å²) >= 11 is 3.61. The second-order valence-corrected chi connectivity index (χ2v) is 5.82. The summed E-state index contributed by atoms with van der Waals surface area (Å²) in [6, 6.07) is 2.12. The molecule has 88 valence electrons. The molecule has 0 aliphatic heterocycles. The summed E-state index contributed by atoms with van der Waals surface area (Å²) < 4.78 is 1.08. The van der Waals surface area contributed by atoms with Gasteiger partial charge in [-0.05, 0) is 56.4 Å². The Morgan fingerprint density at radius 2 is 2.00 bits per heavy atom. The molecule has 0 heterocycles. The van der Waals surface area contributed by atoms with Crippen molar-refractivity contribution in [1.29, 1.82) is 0 Å². The van der Waals surface area contributed by atoms with E-state index >= 15 is 0 Å². The van der Waals surface area contributed by atoms with Crippen LogP contribution in [0.2, 0.25) is 0 Å². The van der Waals surface area contributed by atoms with Crippen LogP contribution < -0.4 is 5.73 Å². The molecular formula is C13H18BrNO. The van der Waals surface area contributed by atoms with Crippen molar-refractivity contribution in [2.45, 2.75) is 45.1 Å². The highest BCUT2D eigenvalue weighted by molar-refractivity contribution is 9.10. The molecule has 0 spiro atoms. The minimum Gasteiger partial charge on any atom is -0.507 e. The maximum atomic E-state index is 10.0. The van der Waals surface area contributed by atoms with Gasteiger partial charge in [0.2, 0.25) is 0 Å². The lowest BCUT2D eigenvalue weighted by Crippen LogP contribution is -2.32. The van der Waals surface area contributed by atoms with Gasteiger partial charge in [0.1, 0.15) is 5.75 Å². The summed E-state index contributed by atoms with van der Waals surface area (Å²) in [6.07, 6.45) is 2.24. The zero-order valence-corrected chi connectivity index (χ0v) is 11.6. The molecule has 0 radical (unpaired) electrons. The summed E-state index contributed by atoms with van der Waals surface area (Å²) in [7, 11) is 0. The third-order valence-corrected chi connectivity index (χ3v) is 4.47. The molecule has 2 nitrogen and oxygen atoms in total. The Kier molecular flexibility index (Phi) is 2.79. The number of hydrogen-bond acceptors (Lipinski definition) is 2. The van der Waals surface area contributed by atoms with Gasteiger partial charge in [-0.25, -0.2) is 0 Å². The van der Waals surface area contributed by atoms with Crippen molar-refractivity contribution in [3.8, 4) is 5.75 Å². The Labute approximate surface area is 105 Å². The molecule has 0 bridgehead atoms. The van der Waals surface area contributed by atoms with E-state index in [1.807, 2.05) is 19.9 Å². The maximum Gasteiger partial charge on any atom is 0.121 e. The molecule has 1 aromatic carbocycles. The van der Waals surface area contributed by atoms with Gasteiger partial charge in [0.15, 0.2) is 0 Å². The fourth-order valence-electron chi connectivity index (χ4n) is 2.60. The first-order chi connectivity index (χ1) is 7.40. The van der Waals surface area contributed by atoms with Crippen LogP contribution in [-0.4, -0.2) is 11.1 Å². The van der Waals surface area contributed by atoms with Gasteiger partial charge in [-0.1, -0.05) is 15.9 Å². The number of phenols is 1. The number of hydrogen-bond donors (Lipinski definition) is 2. The molecule has 16 heavy (non-hydrogen) atoms. The van der Waals surface area contributed by atoms with Crippen molar-refractivity contribution in [1.82, 2.24) is 0 Å². The zero-order valence-electron chi connectivity index (χ0n) is 9.97. The first-order valence-electron chi connectivity index (χ1n) is 5.65. The fourth-order valence-corrected chi connectivity index (χ4v) is 3.64. The van der Waals surface area contributed by atoms with E-state index < -0.39 is 0 Å². The van der Waals surface area contributed by atoms with E-state index in [9.17, 15) is 5.11 Å². The summed E-state index contributed by atoms with van der Waals surface area (Å²) in [5.41, 5.74) is 9.25. The molecule has 1 atom stereocenters. The summed E-state index contributed by atoms with van der Waals surface area (Å²) in [4.78, 5) is 0. The van der Waals surface area contributed by atoms with Crippen molar-refractivity contribution in [2.24, 2.45) is 5.73 Å². The molecular weight excluding hydrogens is 266 g/mol. The largest absolute Gasteiger partial charge is 0.507 e. The van der Waals surface area contributed by atoms with Gasteiger partial charge in [-0.15, -0.1) is 0 Å². The second kappa shape index (κ2) is 3.74. The molecule has 1 unspecified atom stereocenters. The quantitative estimate of drug-likeness (QED) is 0.876.